The maximum atomic E-state index is 13.6. The summed E-state index contributed by atoms with van der Waals surface area (Å²) in [6.45, 7) is 4.04. The molecule has 0 saturated heterocycles. The minimum Gasteiger partial charge on any atom is -0.383 e. The van der Waals surface area contributed by atoms with Crippen LogP contribution in [0.15, 0.2) is 53.6 Å². The topological polar surface area (TPSA) is 88.3 Å². The number of nitrogens with zero attached hydrogens (tertiary/aromatic N) is 3. The maximum Gasteiger partial charge on any atom is 0.326 e. The third kappa shape index (κ3) is 4.03. The van der Waals surface area contributed by atoms with E-state index in [4.69, 9.17) is 16.3 Å². The summed E-state index contributed by atoms with van der Waals surface area (Å²) in [5.74, 6) is -0.996. The molecule has 1 N–H and O–H groups in total. The molecule has 8 nitrogen and oxygen atoms in total. The lowest BCUT2D eigenvalue weighted by Gasteiger charge is -2.12. The van der Waals surface area contributed by atoms with Gasteiger partial charge in [-0.15, -0.1) is 0 Å². The molecule has 1 aliphatic heterocycles. The number of pyridine rings is 1. The molecule has 3 aromatic rings. The first-order valence-corrected chi connectivity index (χ1v) is 10.9. The van der Waals surface area contributed by atoms with Crippen molar-refractivity contribution in [2.24, 2.45) is 0 Å². The van der Waals surface area contributed by atoms with Gasteiger partial charge < -0.3 is 4.74 Å². The Balaban J connectivity index is 1.98. The minimum atomic E-state index is -0.523. The lowest BCUT2D eigenvalue weighted by Crippen LogP contribution is -2.40. The van der Waals surface area contributed by atoms with Gasteiger partial charge in [0.15, 0.2) is 12.4 Å². The third-order valence-corrected chi connectivity index (χ3v) is 5.74. The van der Waals surface area contributed by atoms with E-state index in [9.17, 15) is 14.4 Å². The number of aryl methyl sites for hydroxylation is 2. The Labute approximate surface area is 195 Å². The van der Waals surface area contributed by atoms with Gasteiger partial charge in [0.1, 0.15) is 5.57 Å². The number of rotatable bonds is 7. The van der Waals surface area contributed by atoms with Crippen LogP contribution in [0.2, 0.25) is 5.02 Å². The van der Waals surface area contributed by atoms with E-state index in [1.165, 1.54) is 11.8 Å². The molecule has 0 bridgehead atoms. The Hall–Kier alpha value is -3.49. The van der Waals surface area contributed by atoms with Crippen LogP contribution in [0.25, 0.3) is 17.0 Å². The number of methoxy groups -OCH3 is 1. The molecule has 3 heterocycles. The fraction of sp³-hybridized carbons (Fsp3) is 0.250. The highest BCUT2D eigenvalue weighted by Crippen LogP contribution is 2.30. The molecule has 0 saturated carbocycles. The molecule has 0 aliphatic carbocycles. The fourth-order valence-electron chi connectivity index (χ4n) is 3.94. The quantitative estimate of drug-likeness (QED) is 0.427. The van der Waals surface area contributed by atoms with Crippen LogP contribution in [0, 0.1) is 6.92 Å². The number of amides is 2. The van der Waals surface area contributed by atoms with Crippen LogP contribution in [0.4, 0.5) is 0 Å². The van der Waals surface area contributed by atoms with Crippen molar-refractivity contribution >= 4 is 34.7 Å². The van der Waals surface area contributed by atoms with E-state index in [1.54, 1.807) is 47.3 Å². The summed E-state index contributed by atoms with van der Waals surface area (Å²) in [5, 5.41) is 3.57. The maximum absolute atomic E-state index is 13.6. The molecule has 1 aromatic carbocycles. The van der Waals surface area contributed by atoms with Gasteiger partial charge >= 0.3 is 5.91 Å². The highest BCUT2D eigenvalue weighted by molar-refractivity contribution is 6.44. The first kappa shape index (κ1) is 22.7. The van der Waals surface area contributed by atoms with Crippen LogP contribution in [0.5, 0.6) is 0 Å². The van der Waals surface area contributed by atoms with E-state index in [2.05, 4.69) is 5.10 Å². The van der Waals surface area contributed by atoms with Crippen molar-refractivity contribution in [3.8, 4) is 5.69 Å². The van der Waals surface area contributed by atoms with Crippen molar-refractivity contribution in [3.05, 3.63) is 81.0 Å². The van der Waals surface area contributed by atoms with Gasteiger partial charge in [0, 0.05) is 29.5 Å². The monoisotopic (exact) mass is 467 g/mol. The fourth-order valence-corrected chi connectivity index (χ4v) is 4.12. The molecule has 9 heteroatoms. The molecule has 0 fully saturated rings. The van der Waals surface area contributed by atoms with Crippen molar-refractivity contribution < 1.29 is 18.9 Å². The predicted octanol–water partition coefficient (Wildman–Crippen LogP) is 2.36. The second kappa shape index (κ2) is 9.17. The smallest absolute Gasteiger partial charge is 0.326 e. The van der Waals surface area contributed by atoms with E-state index >= 15 is 0 Å². The number of hydrogen-bond acceptors (Lipinski definition) is 4. The molecule has 0 atom stereocenters. The van der Waals surface area contributed by atoms with E-state index in [0.717, 1.165) is 10.5 Å². The summed E-state index contributed by atoms with van der Waals surface area (Å²) in [6.07, 6.45) is 3.90. The summed E-state index contributed by atoms with van der Waals surface area (Å²) in [6, 6.07) is 10.5. The second-order valence-corrected chi connectivity index (χ2v) is 8.14. The number of H-pyrrole nitrogens is 1. The highest BCUT2D eigenvalue weighted by atomic mass is 35.5. The van der Waals surface area contributed by atoms with Crippen LogP contribution in [-0.4, -0.2) is 46.8 Å². The average Bonchev–Trinajstić information content (AvgIpc) is 3.24. The first-order valence-electron chi connectivity index (χ1n) is 10.5. The van der Waals surface area contributed by atoms with Crippen molar-refractivity contribution in [2.75, 3.05) is 20.3 Å². The third-order valence-electron chi connectivity index (χ3n) is 5.50. The lowest BCUT2D eigenvalue weighted by atomic mass is 10.0. The molecule has 0 unspecified atom stereocenters. The Kier molecular flexibility index (Phi) is 6.31. The Morgan fingerprint density at radius 1 is 1.12 bits per heavy atom. The number of hydrogen-bond donors (Lipinski definition) is 1. The predicted molar refractivity (Wildman–Crippen MR) is 124 cm³/mol. The molecule has 1 aliphatic rings. The SMILES string of the molecule is CCc1[nH]n(-c2cccc(Cl)c2)c(=O)c1C1=C([n+]2cccc(C)c2)C(=O)N(CCOC)C1=O. The Morgan fingerprint density at radius 2 is 1.91 bits per heavy atom. The zero-order valence-electron chi connectivity index (χ0n) is 18.6. The molecular weight excluding hydrogens is 444 g/mol. The number of ether oxygens (including phenoxy) is 1. The summed E-state index contributed by atoms with van der Waals surface area (Å²) < 4.78 is 8.04. The highest BCUT2D eigenvalue weighted by Gasteiger charge is 2.47. The van der Waals surface area contributed by atoms with Crippen LogP contribution in [0.1, 0.15) is 23.7 Å². The van der Waals surface area contributed by atoms with Crippen LogP contribution in [0.3, 0.4) is 0 Å². The number of aromatic amines is 1. The van der Waals surface area contributed by atoms with Gasteiger partial charge in [0.2, 0.25) is 0 Å². The normalized spacial score (nSPS) is 14.0. The summed E-state index contributed by atoms with van der Waals surface area (Å²) in [4.78, 5) is 41.6. The lowest BCUT2D eigenvalue weighted by molar-refractivity contribution is -0.577. The van der Waals surface area contributed by atoms with Crippen molar-refractivity contribution in [3.63, 3.8) is 0 Å². The molecule has 33 heavy (non-hydrogen) atoms. The second-order valence-electron chi connectivity index (χ2n) is 7.71. The zero-order chi connectivity index (χ0) is 23.7. The van der Waals surface area contributed by atoms with E-state index < -0.39 is 17.4 Å². The average molecular weight is 468 g/mol. The van der Waals surface area contributed by atoms with Gasteiger partial charge in [-0.2, -0.15) is 4.57 Å². The number of halogens is 1. The number of nitrogens with one attached hydrogen (secondary N) is 1. The number of imide groups is 1. The van der Waals surface area contributed by atoms with Gasteiger partial charge in [0.25, 0.3) is 17.2 Å². The molecule has 4 rings (SSSR count). The van der Waals surface area contributed by atoms with Gasteiger partial charge in [-0.05, 0) is 37.6 Å². The van der Waals surface area contributed by atoms with Crippen LogP contribution in [-0.2, 0) is 20.7 Å². The van der Waals surface area contributed by atoms with Crippen molar-refractivity contribution in [2.45, 2.75) is 20.3 Å². The van der Waals surface area contributed by atoms with Gasteiger partial charge in [-0.1, -0.05) is 24.6 Å². The van der Waals surface area contributed by atoms with E-state index in [-0.39, 0.29) is 30.0 Å². The molecule has 2 aromatic heterocycles. The first-order chi connectivity index (χ1) is 15.9. The van der Waals surface area contributed by atoms with E-state index in [1.807, 2.05) is 19.9 Å². The van der Waals surface area contributed by atoms with Crippen molar-refractivity contribution in [1.29, 1.82) is 0 Å². The standard InChI is InChI=1S/C24H23ClN4O4/c1-4-18-19(23(31)29(26-18)17-9-5-8-16(25)13-17)20-21(27-10-6-7-15(2)14-27)24(32)28(22(20)30)11-12-33-3/h5-10,13-14H,4,11-12H2,1-3H3/p+1. The zero-order valence-corrected chi connectivity index (χ0v) is 19.3. The Morgan fingerprint density at radius 3 is 2.58 bits per heavy atom. The number of benzene rings is 1. The molecular formula is C24H24ClN4O4+. The molecule has 0 spiro atoms. The van der Waals surface area contributed by atoms with Crippen LogP contribution >= 0.6 is 11.6 Å². The largest absolute Gasteiger partial charge is 0.383 e. The number of carbonyl (C=O) groups excluding carboxylic acids is 2. The van der Waals surface area contributed by atoms with Gasteiger partial charge in [0.05, 0.1) is 24.4 Å². The van der Waals surface area contributed by atoms with Crippen molar-refractivity contribution in [1.82, 2.24) is 14.7 Å². The van der Waals surface area contributed by atoms with Crippen LogP contribution < -0.4 is 10.1 Å². The molecule has 170 valence electrons. The summed E-state index contributed by atoms with van der Waals surface area (Å²) in [5.41, 5.74) is 1.96. The Bertz CT molecular complexity index is 1340. The van der Waals surface area contributed by atoms with E-state index in [0.29, 0.717) is 22.8 Å². The van der Waals surface area contributed by atoms with Gasteiger partial charge in [-0.25, -0.2) is 4.68 Å². The van der Waals surface area contributed by atoms with Gasteiger partial charge in [-0.3, -0.25) is 24.4 Å². The number of carbonyl (C=O) groups is 2. The summed E-state index contributed by atoms with van der Waals surface area (Å²) in [7, 11) is 1.50. The molecule has 0 radical (unpaired) electrons. The summed E-state index contributed by atoms with van der Waals surface area (Å²) >= 11 is 6.12. The number of aromatic nitrogens is 3. The molecule has 2 amide bonds. The minimum absolute atomic E-state index is 0.0746.